The number of rotatable bonds is 7. The number of aliphatic hydroxyl groups excluding tert-OH is 1. The third-order valence-corrected chi connectivity index (χ3v) is 6.00. The largest absolute Gasteiger partial charge is 0.396 e. The number of aliphatic hydroxyl groups is 1. The summed E-state index contributed by atoms with van der Waals surface area (Å²) in [6, 6.07) is 3.29. The van der Waals surface area contributed by atoms with Gasteiger partial charge in [0, 0.05) is 33.4 Å². The van der Waals surface area contributed by atoms with E-state index in [1.54, 1.807) is 11.3 Å². The van der Waals surface area contributed by atoms with Gasteiger partial charge < -0.3 is 10.8 Å². The van der Waals surface area contributed by atoms with Crippen LogP contribution in [0.2, 0.25) is 0 Å². The van der Waals surface area contributed by atoms with Gasteiger partial charge in [0.2, 0.25) is 0 Å². The van der Waals surface area contributed by atoms with Crippen LogP contribution in [0.1, 0.15) is 49.9 Å². The summed E-state index contributed by atoms with van der Waals surface area (Å²) < 4.78 is 1.15. The molecule has 0 spiro atoms. The molecule has 1 aliphatic rings. The smallest absolute Gasteiger partial charge is 0.0596 e. The maximum atomic E-state index is 9.08. The number of halogens is 1. The number of hydrogen-bond acceptors (Lipinski definition) is 4. The molecule has 0 saturated carbocycles. The van der Waals surface area contributed by atoms with Crippen LogP contribution in [-0.4, -0.2) is 35.2 Å². The fraction of sp³-hybridized carbons (Fsp3) is 0.733. The first-order chi connectivity index (χ1) is 9.67. The topological polar surface area (TPSA) is 49.5 Å². The minimum absolute atomic E-state index is 0.176. The summed E-state index contributed by atoms with van der Waals surface area (Å²) in [6.07, 6.45) is 5.44. The van der Waals surface area contributed by atoms with Crippen molar-refractivity contribution in [3.05, 3.63) is 20.8 Å². The van der Waals surface area contributed by atoms with Gasteiger partial charge in [0.25, 0.3) is 0 Å². The lowest BCUT2D eigenvalue weighted by Crippen LogP contribution is -2.43. The Hall–Kier alpha value is 0.0600. The molecule has 2 heterocycles. The lowest BCUT2D eigenvalue weighted by atomic mass is 10.0. The van der Waals surface area contributed by atoms with Crippen molar-refractivity contribution in [2.45, 2.75) is 57.2 Å². The van der Waals surface area contributed by atoms with Crippen LogP contribution < -0.4 is 5.73 Å². The Kier molecular flexibility index (Phi) is 6.49. The summed E-state index contributed by atoms with van der Waals surface area (Å²) >= 11 is 5.35. The minimum atomic E-state index is 0.176. The molecule has 1 aliphatic heterocycles. The van der Waals surface area contributed by atoms with Crippen molar-refractivity contribution in [1.82, 2.24) is 4.90 Å². The quantitative estimate of drug-likeness (QED) is 0.781. The molecule has 1 aromatic rings. The SMILES string of the molecule is CCC(N)C(c1cc(Br)cs1)N1CCCC1CCCO. The molecule has 0 bridgehead atoms. The maximum Gasteiger partial charge on any atom is 0.0596 e. The van der Waals surface area contributed by atoms with Gasteiger partial charge in [-0.2, -0.15) is 0 Å². The normalized spacial score (nSPS) is 23.1. The van der Waals surface area contributed by atoms with Crippen molar-refractivity contribution in [3.8, 4) is 0 Å². The van der Waals surface area contributed by atoms with Crippen LogP contribution in [0.4, 0.5) is 0 Å². The number of nitrogens with two attached hydrogens (primary N) is 1. The predicted molar refractivity (Wildman–Crippen MR) is 89.1 cm³/mol. The summed E-state index contributed by atoms with van der Waals surface area (Å²) in [4.78, 5) is 3.95. The first-order valence-corrected chi connectivity index (χ1v) is 9.20. The molecule has 3 nitrogen and oxygen atoms in total. The van der Waals surface area contributed by atoms with Gasteiger partial charge >= 0.3 is 0 Å². The van der Waals surface area contributed by atoms with Gasteiger partial charge in [-0.15, -0.1) is 11.3 Å². The van der Waals surface area contributed by atoms with Gasteiger partial charge in [0.05, 0.1) is 6.04 Å². The third kappa shape index (κ3) is 3.83. The Morgan fingerprint density at radius 3 is 3.00 bits per heavy atom. The highest BCUT2D eigenvalue weighted by Crippen LogP contribution is 2.37. The molecular formula is C15H25BrN2OS. The summed E-state index contributed by atoms with van der Waals surface area (Å²) in [7, 11) is 0. The van der Waals surface area contributed by atoms with Crippen LogP contribution in [0.3, 0.4) is 0 Å². The van der Waals surface area contributed by atoms with Gasteiger partial charge in [-0.05, 0) is 60.6 Å². The molecule has 3 N–H and O–H groups in total. The van der Waals surface area contributed by atoms with Crippen molar-refractivity contribution in [2.75, 3.05) is 13.2 Å². The van der Waals surface area contributed by atoms with Crippen LogP contribution in [0, 0.1) is 0 Å². The minimum Gasteiger partial charge on any atom is -0.396 e. The Bertz CT molecular complexity index is 412. The second-order valence-electron chi connectivity index (χ2n) is 5.58. The van der Waals surface area contributed by atoms with Crippen LogP contribution in [0.5, 0.6) is 0 Å². The first-order valence-electron chi connectivity index (χ1n) is 7.53. The standard InChI is InChI=1S/C15H25BrN2OS/c1-2-13(17)15(14-9-11(16)10-20-14)18-7-3-5-12(18)6-4-8-19/h9-10,12-13,15,19H,2-8,17H2,1H3. The van der Waals surface area contributed by atoms with Gasteiger partial charge in [0.1, 0.15) is 0 Å². The third-order valence-electron chi connectivity index (χ3n) is 4.23. The lowest BCUT2D eigenvalue weighted by molar-refractivity contribution is 0.142. The van der Waals surface area contributed by atoms with Gasteiger partial charge in [-0.25, -0.2) is 0 Å². The van der Waals surface area contributed by atoms with E-state index in [-0.39, 0.29) is 6.04 Å². The van der Waals surface area contributed by atoms with E-state index in [0.29, 0.717) is 18.7 Å². The zero-order chi connectivity index (χ0) is 14.5. The van der Waals surface area contributed by atoms with E-state index >= 15 is 0 Å². The molecule has 0 aliphatic carbocycles. The van der Waals surface area contributed by atoms with Crippen molar-refractivity contribution in [3.63, 3.8) is 0 Å². The predicted octanol–water partition coefficient (Wildman–Crippen LogP) is 3.53. The summed E-state index contributed by atoms with van der Waals surface area (Å²) in [5.41, 5.74) is 6.43. The van der Waals surface area contributed by atoms with Crippen molar-refractivity contribution >= 4 is 27.3 Å². The van der Waals surface area contributed by atoms with Crippen molar-refractivity contribution in [1.29, 1.82) is 0 Å². The van der Waals surface area contributed by atoms with E-state index in [9.17, 15) is 0 Å². The molecule has 1 saturated heterocycles. The second kappa shape index (κ2) is 7.90. The van der Waals surface area contributed by atoms with Crippen molar-refractivity contribution < 1.29 is 5.11 Å². The molecule has 3 atom stereocenters. The zero-order valence-corrected chi connectivity index (χ0v) is 14.5. The molecule has 1 aromatic heterocycles. The summed E-state index contributed by atoms with van der Waals surface area (Å²) in [6.45, 7) is 3.59. The fourth-order valence-electron chi connectivity index (χ4n) is 3.19. The average Bonchev–Trinajstić information content (AvgIpc) is 3.06. The van der Waals surface area contributed by atoms with Crippen molar-refractivity contribution in [2.24, 2.45) is 5.73 Å². The van der Waals surface area contributed by atoms with Crippen LogP contribution in [0.15, 0.2) is 15.9 Å². The van der Waals surface area contributed by atoms with Crippen LogP contribution in [0.25, 0.3) is 0 Å². The van der Waals surface area contributed by atoms with E-state index in [0.717, 1.165) is 30.3 Å². The average molecular weight is 361 g/mol. The number of nitrogens with zero attached hydrogens (tertiary/aromatic N) is 1. The summed E-state index contributed by atoms with van der Waals surface area (Å²) in [5.74, 6) is 0. The molecule has 1 fully saturated rings. The van der Waals surface area contributed by atoms with Crippen LogP contribution >= 0.6 is 27.3 Å². The molecule has 20 heavy (non-hydrogen) atoms. The first kappa shape index (κ1) is 16.4. The van der Waals surface area contributed by atoms with Gasteiger partial charge in [-0.1, -0.05) is 6.92 Å². The number of thiophene rings is 1. The highest BCUT2D eigenvalue weighted by Gasteiger charge is 2.34. The Labute approximate surface area is 134 Å². The molecular weight excluding hydrogens is 336 g/mol. The lowest BCUT2D eigenvalue weighted by Gasteiger charge is -2.36. The Morgan fingerprint density at radius 1 is 1.60 bits per heavy atom. The van der Waals surface area contributed by atoms with E-state index < -0.39 is 0 Å². The monoisotopic (exact) mass is 360 g/mol. The summed E-state index contributed by atoms with van der Waals surface area (Å²) in [5, 5.41) is 11.2. The molecule has 0 radical (unpaired) electrons. The molecule has 5 heteroatoms. The highest BCUT2D eigenvalue weighted by molar-refractivity contribution is 9.10. The van der Waals surface area contributed by atoms with Gasteiger partial charge in [0.15, 0.2) is 0 Å². The molecule has 114 valence electrons. The Balaban J connectivity index is 2.17. The highest BCUT2D eigenvalue weighted by atomic mass is 79.9. The fourth-order valence-corrected chi connectivity index (χ4v) is 4.83. The second-order valence-corrected chi connectivity index (χ2v) is 7.44. The van der Waals surface area contributed by atoms with E-state index in [2.05, 4.69) is 39.2 Å². The molecule has 0 amide bonds. The van der Waals surface area contributed by atoms with Gasteiger partial charge in [-0.3, -0.25) is 4.90 Å². The molecule has 2 rings (SSSR count). The van der Waals surface area contributed by atoms with Crippen LogP contribution in [-0.2, 0) is 0 Å². The van der Waals surface area contributed by atoms with E-state index in [1.807, 2.05) is 0 Å². The molecule has 0 aromatic carbocycles. The molecule has 3 unspecified atom stereocenters. The van der Waals surface area contributed by atoms with E-state index in [4.69, 9.17) is 10.8 Å². The zero-order valence-electron chi connectivity index (χ0n) is 12.1. The number of likely N-dealkylation sites (tertiary alicyclic amines) is 1. The number of hydrogen-bond donors (Lipinski definition) is 2. The Morgan fingerprint density at radius 2 is 2.40 bits per heavy atom. The maximum absolute atomic E-state index is 9.08. The van der Waals surface area contributed by atoms with E-state index in [1.165, 1.54) is 17.7 Å².